The third-order valence-corrected chi connectivity index (χ3v) is 3.97. The van der Waals surface area contributed by atoms with Gasteiger partial charge in [0.05, 0.1) is 12.2 Å². The number of nitrogens with zero attached hydrogens (tertiary/aromatic N) is 3. The molecule has 0 amide bonds. The van der Waals surface area contributed by atoms with Crippen LogP contribution in [0.2, 0.25) is 0 Å². The third kappa shape index (κ3) is 2.94. The van der Waals surface area contributed by atoms with Crippen molar-refractivity contribution in [2.75, 3.05) is 0 Å². The molecule has 0 aromatic carbocycles. The fourth-order valence-corrected chi connectivity index (χ4v) is 2.87. The number of hydrogen-bond acceptors (Lipinski definition) is 3. The van der Waals surface area contributed by atoms with E-state index in [2.05, 4.69) is 69.9 Å². The summed E-state index contributed by atoms with van der Waals surface area (Å²) in [5.41, 5.74) is 2.52. The zero-order valence-electron chi connectivity index (χ0n) is 12.1. The molecule has 106 valence electrons. The van der Waals surface area contributed by atoms with Crippen LogP contribution in [0.15, 0.2) is 36.1 Å². The Bertz CT molecular complexity index is 670. The van der Waals surface area contributed by atoms with Crippen molar-refractivity contribution in [3.05, 3.63) is 47.5 Å². The molecule has 4 nitrogen and oxygen atoms in total. The lowest BCUT2D eigenvalue weighted by atomic mass is 10.1. The van der Waals surface area contributed by atoms with Gasteiger partial charge < -0.3 is 9.88 Å². The van der Waals surface area contributed by atoms with Crippen molar-refractivity contribution in [1.82, 2.24) is 19.3 Å². The Balaban J connectivity index is 1.74. The van der Waals surface area contributed by atoms with Gasteiger partial charge in [0.1, 0.15) is 0 Å². The molecule has 0 unspecified atom stereocenters. The summed E-state index contributed by atoms with van der Waals surface area (Å²) in [6.45, 7) is 8.25. The van der Waals surface area contributed by atoms with Gasteiger partial charge in [0.15, 0.2) is 4.96 Å². The first-order valence-corrected chi connectivity index (χ1v) is 7.69. The van der Waals surface area contributed by atoms with Gasteiger partial charge in [0, 0.05) is 41.7 Å². The van der Waals surface area contributed by atoms with E-state index >= 15 is 0 Å². The van der Waals surface area contributed by atoms with Gasteiger partial charge in [0.2, 0.25) is 0 Å². The molecule has 0 bridgehead atoms. The van der Waals surface area contributed by atoms with Gasteiger partial charge >= 0.3 is 0 Å². The smallest absolute Gasteiger partial charge is 0.193 e. The Kier molecular flexibility index (Phi) is 3.40. The Morgan fingerprint density at radius 2 is 2.15 bits per heavy atom. The highest BCUT2D eigenvalue weighted by Gasteiger charge is 2.11. The normalized spacial score (nSPS) is 12.3. The second-order valence-corrected chi connectivity index (χ2v) is 6.93. The van der Waals surface area contributed by atoms with Crippen molar-refractivity contribution in [3.63, 3.8) is 0 Å². The van der Waals surface area contributed by atoms with Crippen LogP contribution in [0.4, 0.5) is 0 Å². The lowest BCUT2D eigenvalue weighted by Gasteiger charge is -2.21. The van der Waals surface area contributed by atoms with Crippen molar-refractivity contribution in [2.45, 2.75) is 39.4 Å². The Morgan fingerprint density at radius 3 is 2.90 bits per heavy atom. The molecule has 0 radical (unpaired) electrons. The van der Waals surface area contributed by atoms with Crippen LogP contribution in [0.25, 0.3) is 4.96 Å². The highest BCUT2D eigenvalue weighted by molar-refractivity contribution is 7.15. The van der Waals surface area contributed by atoms with Gasteiger partial charge in [-0.15, -0.1) is 11.3 Å². The monoisotopic (exact) mass is 288 g/mol. The first kappa shape index (κ1) is 13.4. The molecule has 1 N–H and O–H groups in total. The van der Waals surface area contributed by atoms with Crippen molar-refractivity contribution < 1.29 is 0 Å². The van der Waals surface area contributed by atoms with E-state index in [-0.39, 0.29) is 5.54 Å². The van der Waals surface area contributed by atoms with Gasteiger partial charge in [-0.2, -0.15) is 0 Å². The highest BCUT2D eigenvalue weighted by atomic mass is 32.1. The predicted molar refractivity (Wildman–Crippen MR) is 83.2 cm³/mol. The summed E-state index contributed by atoms with van der Waals surface area (Å²) in [5, 5.41) is 5.58. The van der Waals surface area contributed by atoms with E-state index in [1.165, 1.54) is 5.69 Å². The lowest BCUT2D eigenvalue weighted by molar-refractivity contribution is 0.417. The van der Waals surface area contributed by atoms with E-state index in [9.17, 15) is 0 Å². The molecule has 20 heavy (non-hydrogen) atoms. The van der Waals surface area contributed by atoms with E-state index in [1.807, 2.05) is 6.20 Å². The van der Waals surface area contributed by atoms with Gasteiger partial charge in [0.25, 0.3) is 0 Å². The van der Waals surface area contributed by atoms with Crippen LogP contribution < -0.4 is 5.32 Å². The summed E-state index contributed by atoms with van der Waals surface area (Å²) in [4.78, 5) is 5.69. The van der Waals surface area contributed by atoms with Gasteiger partial charge in [-0.05, 0) is 32.9 Å². The van der Waals surface area contributed by atoms with Crippen LogP contribution in [0, 0.1) is 0 Å². The van der Waals surface area contributed by atoms with E-state index in [0.29, 0.717) is 0 Å². The quantitative estimate of drug-likeness (QED) is 0.800. The number of imidazole rings is 1. The van der Waals surface area contributed by atoms with Crippen LogP contribution >= 0.6 is 11.3 Å². The van der Waals surface area contributed by atoms with E-state index in [1.54, 1.807) is 11.3 Å². The van der Waals surface area contributed by atoms with Crippen LogP contribution in [0.5, 0.6) is 0 Å². The van der Waals surface area contributed by atoms with Crippen molar-refractivity contribution in [1.29, 1.82) is 0 Å². The molecule has 3 aromatic rings. The van der Waals surface area contributed by atoms with E-state index in [0.717, 1.165) is 23.7 Å². The number of aromatic nitrogens is 3. The molecule has 3 rings (SSSR count). The molecule has 0 aliphatic rings. The van der Waals surface area contributed by atoms with E-state index < -0.39 is 0 Å². The van der Waals surface area contributed by atoms with Crippen LogP contribution in [-0.4, -0.2) is 19.5 Å². The van der Waals surface area contributed by atoms with Crippen LogP contribution in [0.1, 0.15) is 32.2 Å². The summed E-state index contributed by atoms with van der Waals surface area (Å²) in [6.07, 6.45) is 6.27. The maximum absolute atomic E-state index is 4.64. The lowest BCUT2D eigenvalue weighted by Crippen LogP contribution is -2.35. The zero-order valence-corrected chi connectivity index (χ0v) is 12.9. The summed E-state index contributed by atoms with van der Waals surface area (Å²) < 4.78 is 4.34. The van der Waals surface area contributed by atoms with Crippen molar-refractivity contribution >= 4 is 16.3 Å². The van der Waals surface area contributed by atoms with Crippen LogP contribution in [0.3, 0.4) is 0 Å². The minimum Gasteiger partial charge on any atom is -0.344 e. The fraction of sp³-hybridized carbons (Fsp3) is 0.400. The van der Waals surface area contributed by atoms with Crippen LogP contribution in [-0.2, 0) is 13.1 Å². The average molecular weight is 288 g/mol. The predicted octanol–water partition coefficient (Wildman–Crippen LogP) is 3.13. The second kappa shape index (κ2) is 5.07. The molecule has 5 heteroatoms. The fourth-order valence-electron chi connectivity index (χ4n) is 2.15. The number of rotatable bonds is 4. The summed E-state index contributed by atoms with van der Waals surface area (Å²) in [6, 6.07) is 4.26. The van der Waals surface area contributed by atoms with Crippen molar-refractivity contribution in [3.8, 4) is 0 Å². The Hall–Kier alpha value is -1.59. The molecule has 0 saturated heterocycles. The zero-order chi connectivity index (χ0) is 14.2. The first-order chi connectivity index (χ1) is 9.51. The summed E-state index contributed by atoms with van der Waals surface area (Å²) in [5.74, 6) is 0. The number of hydrogen-bond donors (Lipinski definition) is 1. The molecule has 0 aliphatic carbocycles. The number of nitrogens with one attached hydrogen (secondary N) is 1. The minimum absolute atomic E-state index is 0.131. The summed E-state index contributed by atoms with van der Waals surface area (Å²) >= 11 is 1.67. The first-order valence-electron chi connectivity index (χ1n) is 6.81. The Labute approximate surface area is 123 Å². The molecule has 0 saturated carbocycles. The molecule has 0 aliphatic heterocycles. The maximum Gasteiger partial charge on any atom is 0.193 e. The SMILES string of the molecule is CC(C)(C)NCc1cccn1Cc1cn2ccsc2n1. The second-order valence-electron chi connectivity index (χ2n) is 6.06. The molecule has 0 atom stereocenters. The average Bonchev–Trinajstić information content (AvgIpc) is 3.01. The topological polar surface area (TPSA) is 34.3 Å². The molecular weight excluding hydrogens is 268 g/mol. The largest absolute Gasteiger partial charge is 0.344 e. The molecule has 3 heterocycles. The standard InChI is InChI=1S/C15H20N4S/c1-15(2,3)16-9-13-5-4-6-18(13)10-12-11-19-7-8-20-14(19)17-12/h4-8,11,16H,9-10H2,1-3H3. The third-order valence-electron chi connectivity index (χ3n) is 3.20. The maximum atomic E-state index is 4.64. The van der Waals surface area contributed by atoms with E-state index in [4.69, 9.17) is 0 Å². The number of fused-ring (bicyclic) bond motifs is 1. The van der Waals surface area contributed by atoms with Gasteiger partial charge in [-0.1, -0.05) is 0 Å². The van der Waals surface area contributed by atoms with Crippen molar-refractivity contribution in [2.24, 2.45) is 0 Å². The number of thiazole rings is 1. The highest BCUT2D eigenvalue weighted by Crippen LogP contribution is 2.14. The molecular formula is C15H20N4S. The Morgan fingerprint density at radius 1 is 1.30 bits per heavy atom. The molecule has 0 fully saturated rings. The van der Waals surface area contributed by atoms with Gasteiger partial charge in [-0.3, -0.25) is 4.40 Å². The van der Waals surface area contributed by atoms with Gasteiger partial charge in [-0.25, -0.2) is 4.98 Å². The molecule has 3 aromatic heterocycles. The molecule has 0 spiro atoms. The minimum atomic E-state index is 0.131. The summed E-state index contributed by atoms with van der Waals surface area (Å²) in [7, 11) is 0.